The molecule has 0 aliphatic carbocycles. The third-order valence-electron chi connectivity index (χ3n) is 5.54. The molecule has 30 heavy (non-hydrogen) atoms. The van der Waals surface area contributed by atoms with Crippen molar-refractivity contribution in [2.75, 3.05) is 13.2 Å². The van der Waals surface area contributed by atoms with Crippen LogP contribution in [0.3, 0.4) is 0 Å². The van der Waals surface area contributed by atoms with E-state index in [2.05, 4.69) is 17.1 Å². The number of ether oxygens (including phenoxy) is 1. The Morgan fingerprint density at radius 2 is 1.97 bits per heavy atom. The first-order valence-electron chi connectivity index (χ1n) is 10.2. The minimum Gasteiger partial charge on any atom is -0.493 e. The third kappa shape index (κ3) is 4.35. The summed E-state index contributed by atoms with van der Waals surface area (Å²) in [5, 5.41) is 8.39. The predicted molar refractivity (Wildman–Crippen MR) is 111 cm³/mol. The molecule has 0 saturated carbocycles. The van der Waals surface area contributed by atoms with E-state index in [0.717, 1.165) is 18.4 Å². The molecule has 0 spiro atoms. The van der Waals surface area contributed by atoms with Crippen LogP contribution in [-0.2, 0) is 0 Å². The van der Waals surface area contributed by atoms with E-state index in [1.54, 1.807) is 24.5 Å². The van der Waals surface area contributed by atoms with Gasteiger partial charge in [-0.25, -0.2) is 4.39 Å². The van der Waals surface area contributed by atoms with E-state index in [9.17, 15) is 9.18 Å². The van der Waals surface area contributed by atoms with Gasteiger partial charge in [-0.2, -0.15) is 15.0 Å². The summed E-state index contributed by atoms with van der Waals surface area (Å²) in [5.74, 6) is 0.344. The molecular formula is C23H25FN4O2. The monoisotopic (exact) mass is 408 g/mol. The largest absolute Gasteiger partial charge is 0.493 e. The number of carbonyl (C=O) groups is 1. The summed E-state index contributed by atoms with van der Waals surface area (Å²) in [5.41, 5.74) is 2.26. The average molecular weight is 408 g/mol. The summed E-state index contributed by atoms with van der Waals surface area (Å²) in [4.78, 5) is 16.9. The van der Waals surface area contributed by atoms with Crippen LogP contribution in [0.1, 0.15) is 35.7 Å². The van der Waals surface area contributed by atoms with Crippen molar-refractivity contribution in [3.8, 4) is 11.4 Å². The normalized spacial score (nSPS) is 19.0. The maximum Gasteiger partial charge on any atom is 0.256 e. The summed E-state index contributed by atoms with van der Waals surface area (Å²) < 4.78 is 19.2. The highest BCUT2D eigenvalue weighted by Crippen LogP contribution is 2.27. The van der Waals surface area contributed by atoms with Gasteiger partial charge in [-0.05, 0) is 51.0 Å². The smallest absolute Gasteiger partial charge is 0.256 e. The van der Waals surface area contributed by atoms with Gasteiger partial charge in [0.05, 0.1) is 30.3 Å². The summed E-state index contributed by atoms with van der Waals surface area (Å²) >= 11 is 0. The molecule has 1 aliphatic heterocycles. The van der Waals surface area contributed by atoms with Gasteiger partial charge in [-0.3, -0.25) is 4.79 Å². The fourth-order valence-corrected chi connectivity index (χ4v) is 3.86. The summed E-state index contributed by atoms with van der Waals surface area (Å²) in [6.07, 6.45) is 5.04. The van der Waals surface area contributed by atoms with Crippen molar-refractivity contribution in [3.63, 3.8) is 0 Å². The Balaban J connectivity index is 1.51. The maximum absolute atomic E-state index is 13.5. The van der Waals surface area contributed by atoms with Crippen LogP contribution in [0.5, 0.6) is 5.75 Å². The molecule has 1 aliphatic rings. The van der Waals surface area contributed by atoms with Gasteiger partial charge in [0.2, 0.25) is 0 Å². The molecule has 2 atom stereocenters. The number of hydrogen-bond acceptors (Lipinski definition) is 4. The van der Waals surface area contributed by atoms with E-state index in [0.29, 0.717) is 30.2 Å². The Morgan fingerprint density at radius 3 is 2.73 bits per heavy atom. The molecule has 0 bridgehead atoms. The fourth-order valence-electron chi connectivity index (χ4n) is 3.86. The predicted octanol–water partition coefficient (Wildman–Crippen LogP) is 4.03. The Kier molecular flexibility index (Phi) is 5.79. The van der Waals surface area contributed by atoms with Gasteiger partial charge in [0.25, 0.3) is 5.91 Å². The highest BCUT2D eigenvalue weighted by Gasteiger charge is 2.31. The molecule has 1 aromatic heterocycles. The second-order valence-corrected chi connectivity index (χ2v) is 7.86. The molecule has 1 saturated heterocycles. The lowest BCUT2D eigenvalue weighted by atomic mass is 9.93. The highest BCUT2D eigenvalue weighted by molar-refractivity contribution is 5.98. The van der Waals surface area contributed by atoms with E-state index in [1.807, 2.05) is 30.0 Å². The Bertz CT molecular complexity index is 1020. The second-order valence-electron chi connectivity index (χ2n) is 7.86. The number of nitrogens with zero attached hydrogens (tertiary/aromatic N) is 4. The Labute approximate surface area is 175 Å². The lowest BCUT2D eigenvalue weighted by Gasteiger charge is -2.38. The number of likely N-dealkylation sites (tertiary alicyclic amines) is 1. The second kappa shape index (κ2) is 8.65. The molecule has 0 N–H and O–H groups in total. The van der Waals surface area contributed by atoms with Gasteiger partial charge in [0.1, 0.15) is 11.6 Å². The van der Waals surface area contributed by atoms with Gasteiger partial charge < -0.3 is 9.64 Å². The molecule has 7 heteroatoms. The Hall–Kier alpha value is -3.22. The quantitative estimate of drug-likeness (QED) is 0.639. The molecule has 2 aromatic carbocycles. The van der Waals surface area contributed by atoms with Crippen LogP contribution in [0.2, 0.25) is 0 Å². The number of benzene rings is 2. The molecule has 0 radical (unpaired) electrons. The first kappa shape index (κ1) is 20.1. The maximum atomic E-state index is 13.5. The number of hydrogen-bond donors (Lipinski definition) is 0. The van der Waals surface area contributed by atoms with E-state index < -0.39 is 0 Å². The summed E-state index contributed by atoms with van der Waals surface area (Å²) in [6.45, 7) is 5.08. The van der Waals surface area contributed by atoms with E-state index in [4.69, 9.17) is 4.74 Å². The van der Waals surface area contributed by atoms with Crippen LogP contribution in [0.25, 0.3) is 5.69 Å². The number of carbonyl (C=O) groups excluding carboxylic acids is 1. The van der Waals surface area contributed by atoms with Crippen LogP contribution in [-0.4, -0.2) is 45.0 Å². The average Bonchev–Trinajstić information content (AvgIpc) is 3.27. The minimum atomic E-state index is -0.319. The van der Waals surface area contributed by atoms with E-state index in [1.165, 1.54) is 16.9 Å². The fraction of sp³-hybridized carbons (Fsp3) is 0.348. The van der Waals surface area contributed by atoms with Crippen molar-refractivity contribution in [2.24, 2.45) is 5.92 Å². The molecule has 1 amide bonds. The van der Waals surface area contributed by atoms with Crippen molar-refractivity contribution < 1.29 is 13.9 Å². The molecule has 6 nitrogen and oxygen atoms in total. The topological polar surface area (TPSA) is 60.2 Å². The van der Waals surface area contributed by atoms with Crippen LogP contribution in [0.15, 0.2) is 54.9 Å². The first-order chi connectivity index (χ1) is 14.5. The molecule has 4 rings (SSSR count). The van der Waals surface area contributed by atoms with Gasteiger partial charge in [-0.15, -0.1) is 0 Å². The van der Waals surface area contributed by atoms with Gasteiger partial charge in [-0.1, -0.05) is 17.7 Å². The van der Waals surface area contributed by atoms with Crippen molar-refractivity contribution in [1.29, 1.82) is 0 Å². The van der Waals surface area contributed by atoms with Gasteiger partial charge in [0.15, 0.2) is 0 Å². The molecular weight excluding hydrogens is 383 g/mol. The van der Waals surface area contributed by atoms with Crippen molar-refractivity contribution >= 4 is 5.91 Å². The molecule has 2 heterocycles. The van der Waals surface area contributed by atoms with E-state index >= 15 is 0 Å². The molecule has 0 unspecified atom stereocenters. The van der Waals surface area contributed by atoms with Crippen LogP contribution >= 0.6 is 0 Å². The highest BCUT2D eigenvalue weighted by atomic mass is 19.1. The number of aromatic nitrogens is 3. The zero-order chi connectivity index (χ0) is 21.1. The number of aryl methyl sites for hydroxylation is 1. The summed E-state index contributed by atoms with van der Waals surface area (Å²) in [7, 11) is 0. The molecule has 1 fully saturated rings. The lowest BCUT2D eigenvalue weighted by molar-refractivity contribution is 0.0505. The van der Waals surface area contributed by atoms with Crippen molar-refractivity contribution in [3.05, 3.63) is 71.8 Å². The Morgan fingerprint density at radius 1 is 1.17 bits per heavy atom. The standard InChI is InChI=1S/C23H25FN4O2/c1-16-6-9-22(28-25-10-11-26-28)21(12-16)23(29)27-14-18(8-7-17(27)2)15-30-20-5-3-4-19(24)13-20/h3-6,9-13,17-18H,7-8,14-15H2,1-2H3/t17-,18-/m0/s1. The van der Waals surface area contributed by atoms with E-state index in [-0.39, 0.29) is 23.7 Å². The number of halogens is 1. The number of rotatable bonds is 5. The summed E-state index contributed by atoms with van der Waals surface area (Å²) in [6, 6.07) is 12.0. The minimum absolute atomic E-state index is 0.0334. The first-order valence-corrected chi connectivity index (χ1v) is 10.2. The van der Waals surface area contributed by atoms with Gasteiger partial charge in [0, 0.05) is 24.6 Å². The third-order valence-corrected chi connectivity index (χ3v) is 5.54. The van der Waals surface area contributed by atoms with Crippen LogP contribution < -0.4 is 4.74 Å². The zero-order valence-corrected chi connectivity index (χ0v) is 17.2. The van der Waals surface area contributed by atoms with Crippen molar-refractivity contribution in [2.45, 2.75) is 32.7 Å². The molecule has 3 aromatic rings. The lowest BCUT2D eigenvalue weighted by Crippen LogP contribution is -2.47. The molecule has 156 valence electrons. The SMILES string of the molecule is Cc1ccc(-n2nccn2)c(C(=O)N2C[C@@H](COc3cccc(F)c3)CC[C@@H]2C)c1. The zero-order valence-electron chi connectivity index (χ0n) is 17.2. The van der Waals surface area contributed by atoms with Crippen LogP contribution in [0, 0.1) is 18.7 Å². The number of amides is 1. The van der Waals surface area contributed by atoms with Gasteiger partial charge >= 0.3 is 0 Å². The van der Waals surface area contributed by atoms with Crippen LogP contribution in [0.4, 0.5) is 4.39 Å². The number of piperidine rings is 1. The van der Waals surface area contributed by atoms with Crippen molar-refractivity contribution in [1.82, 2.24) is 19.9 Å².